The summed E-state index contributed by atoms with van der Waals surface area (Å²) in [5, 5.41) is 0. The first-order valence-electron chi connectivity index (χ1n) is 6.58. The van der Waals surface area contributed by atoms with Gasteiger partial charge >= 0.3 is 0 Å². The van der Waals surface area contributed by atoms with Gasteiger partial charge in [0.05, 0.1) is 0 Å². The minimum Gasteiger partial charge on any atom is -0.342 e. The molecule has 1 aromatic heterocycles. The Balaban J connectivity index is 1.96. The zero-order valence-corrected chi connectivity index (χ0v) is 11.8. The van der Waals surface area contributed by atoms with Crippen molar-refractivity contribution >= 4 is 5.91 Å². The number of aryl methyl sites for hydroxylation is 1. The zero-order valence-electron chi connectivity index (χ0n) is 11.8. The van der Waals surface area contributed by atoms with Gasteiger partial charge in [-0.3, -0.25) is 14.5 Å². The molecule has 1 atom stereocenters. The lowest BCUT2D eigenvalue weighted by atomic mass is 10.2. The lowest BCUT2D eigenvalue weighted by molar-refractivity contribution is -0.129. The Kier molecular flexibility index (Phi) is 4.04. The second kappa shape index (κ2) is 5.57. The minimum atomic E-state index is 0.0223. The summed E-state index contributed by atoms with van der Waals surface area (Å²) in [4.78, 5) is 27.0. The van der Waals surface area contributed by atoms with Gasteiger partial charge in [0.1, 0.15) is 0 Å². The largest absolute Gasteiger partial charge is 0.342 e. The maximum Gasteiger partial charge on any atom is 0.250 e. The quantitative estimate of drug-likeness (QED) is 0.795. The highest BCUT2D eigenvalue weighted by atomic mass is 16.2. The van der Waals surface area contributed by atoms with Crippen LogP contribution in [0.2, 0.25) is 0 Å². The van der Waals surface area contributed by atoms with Crippen molar-refractivity contribution < 1.29 is 4.79 Å². The second-order valence-electron chi connectivity index (χ2n) is 5.29. The van der Waals surface area contributed by atoms with E-state index >= 15 is 0 Å². The lowest BCUT2D eigenvalue weighted by Gasteiger charge is -2.23. The Hall–Kier alpha value is -1.62. The summed E-state index contributed by atoms with van der Waals surface area (Å²) in [7, 11) is 3.61. The summed E-state index contributed by atoms with van der Waals surface area (Å²) in [6.07, 6.45) is 2.80. The number of nitrogens with zero attached hydrogens (tertiary/aromatic N) is 3. The number of amides is 1. The van der Waals surface area contributed by atoms with Gasteiger partial charge in [0, 0.05) is 59.0 Å². The lowest BCUT2D eigenvalue weighted by Crippen LogP contribution is -2.37. The molecule has 1 saturated heterocycles. The third kappa shape index (κ3) is 3.23. The predicted octanol–water partition coefficient (Wildman–Crippen LogP) is 0.438. The molecule has 2 rings (SSSR count). The number of pyridine rings is 1. The molecule has 19 heavy (non-hydrogen) atoms. The van der Waals surface area contributed by atoms with Crippen LogP contribution in [0.4, 0.5) is 0 Å². The maximum absolute atomic E-state index is 11.6. The highest BCUT2D eigenvalue weighted by Crippen LogP contribution is 2.16. The van der Waals surface area contributed by atoms with E-state index in [1.807, 2.05) is 18.0 Å². The van der Waals surface area contributed by atoms with Crippen LogP contribution >= 0.6 is 0 Å². The first-order valence-corrected chi connectivity index (χ1v) is 6.58. The van der Waals surface area contributed by atoms with Crippen LogP contribution in [0, 0.1) is 0 Å². The molecular weight excluding hydrogens is 242 g/mol. The van der Waals surface area contributed by atoms with E-state index < -0.39 is 0 Å². The zero-order chi connectivity index (χ0) is 14.0. The highest BCUT2D eigenvalue weighted by Gasteiger charge is 2.26. The Morgan fingerprint density at radius 1 is 1.53 bits per heavy atom. The molecule has 0 radical (unpaired) electrons. The third-order valence-corrected chi connectivity index (χ3v) is 3.87. The van der Waals surface area contributed by atoms with Crippen LogP contribution in [-0.2, 0) is 18.4 Å². The number of carbonyl (C=O) groups excluding carboxylic acids is 1. The van der Waals surface area contributed by atoms with E-state index in [9.17, 15) is 9.59 Å². The van der Waals surface area contributed by atoms with Gasteiger partial charge in [-0.2, -0.15) is 0 Å². The number of hydrogen-bond donors (Lipinski definition) is 0. The number of aromatic nitrogens is 1. The van der Waals surface area contributed by atoms with Gasteiger partial charge in [0.2, 0.25) is 5.91 Å². The third-order valence-electron chi connectivity index (χ3n) is 3.87. The Labute approximate surface area is 113 Å². The molecule has 5 heteroatoms. The highest BCUT2D eigenvalue weighted by molar-refractivity contribution is 5.73. The van der Waals surface area contributed by atoms with Crippen molar-refractivity contribution in [1.29, 1.82) is 0 Å². The molecule has 0 bridgehead atoms. The molecule has 104 valence electrons. The van der Waals surface area contributed by atoms with E-state index in [1.165, 1.54) is 0 Å². The number of likely N-dealkylation sites (N-methyl/N-ethyl adjacent to an activating group) is 1. The fourth-order valence-corrected chi connectivity index (χ4v) is 2.48. The van der Waals surface area contributed by atoms with E-state index in [1.54, 1.807) is 30.8 Å². The first kappa shape index (κ1) is 13.8. The Morgan fingerprint density at radius 3 is 2.89 bits per heavy atom. The number of likely N-dealkylation sites (tertiary alicyclic amines) is 1. The average Bonchev–Trinajstić information content (AvgIpc) is 2.81. The summed E-state index contributed by atoms with van der Waals surface area (Å²) < 4.78 is 1.57. The van der Waals surface area contributed by atoms with Crippen molar-refractivity contribution in [2.24, 2.45) is 7.05 Å². The smallest absolute Gasteiger partial charge is 0.250 e. The second-order valence-corrected chi connectivity index (χ2v) is 5.29. The van der Waals surface area contributed by atoms with E-state index in [0.717, 1.165) is 31.6 Å². The average molecular weight is 263 g/mol. The minimum absolute atomic E-state index is 0.0223. The molecule has 1 fully saturated rings. The van der Waals surface area contributed by atoms with Gasteiger partial charge < -0.3 is 9.47 Å². The molecule has 0 aromatic carbocycles. The van der Waals surface area contributed by atoms with Crippen LogP contribution in [-0.4, -0.2) is 46.5 Å². The standard InChI is InChI=1S/C14H21N3O2/c1-11(18)16(3)13-5-7-17(10-13)9-12-4-6-15(2)14(19)8-12/h4,6,8,13H,5,7,9-10H2,1-3H3. The fraction of sp³-hybridized carbons (Fsp3) is 0.571. The van der Waals surface area contributed by atoms with Crippen molar-refractivity contribution in [2.45, 2.75) is 25.9 Å². The van der Waals surface area contributed by atoms with Gasteiger partial charge in [-0.05, 0) is 18.1 Å². The van der Waals surface area contributed by atoms with Gasteiger partial charge in [-0.1, -0.05) is 0 Å². The van der Waals surface area contributed by atoms with Gasteiger partial charge in [-0.15, -0.1) is 0 Å². The van der Waals surface area contributed by atoms with E-state index in [2.05, 4.69) is 4.90 Å². The summed E-state index contributed by atoms with van der Waals surface area (Å²) in [6.45, 7) is 4.23. The molecule has 0 saturated carbocycles. The molecule has 1 aromatic rings. The van der Waals surface area contributed by atoms with E-state index in [-0.39, 0.29) is 11.5 Å². The van der Waals surface area contributed by atoms with E-state index in [0.29, 0.717) is 6.04 Å². The molecule has 1 amide bonds. The molecule has 5 nitrogen and oxygen atoms in total. The first-order chi connectivity index (χ1) is 8.97. The summed E-state index contributed by atoms with van der Waals surface area (Å²) in [5.41, 5.74) is 1.06. The van der Waals surface area contributed by atoms with Crippen molar-refractivity contribution in [3.63, 3.8) is 0 Å². The van der Waals surface area contributed by atoms with Crippen molar-refractivity contribution in [3.05, 3.63) is 34.2 Å². The summed E-state index contributed by atoms with van der Waals surface area (Å²) >= 11 is 0. The normalized spacial score (nSPS) is 19.6. The number of carbonyl (C=O) groups is 1. The molecule has 0 aliphatic carbocycles. The Morgan fingerprint density at radius 2 is 2.26 bits per heavy atom. The monoisotopic (exact) mass is 263 g/mol. The maximum atomic E-state index is 11.6. The van der Waals surface area contributed by atoms with Crippen LogP contribution in [0.3, 0.4) is 0 Å². The molecule has 0 spiro atoms. The van der Waals surface area contributed by atoms with Gasteiger partial charge in [0.15, 0.2) is 0 Å². The van der Waals surface area contributed by atoms with Crippen LogP contribution < -0.4 is 5.56 Å². The van der Waals surface area contributed by atoms with E-state index in [4.69, 9.17) is 0 Å². The van der Waals surface area contributed by atoms with Crippen LogP contribution in [0.15, 0.2) is 23.1 Å². The summed E-state index contributed by atoms with van der Waals surface area (Å²) in [5.74, 6) is 0.112. The molecule has 1 unspecified atom stereocenters. The van der Waals surface area contributed by atoms with Gasteiger partial charge in [-0.25, -0.2) is 0 Å². The molecular formula is C14H21N3O2. The molecule has 1 aliphatic rings. The topological polar surface area (TPSA) is 45.6 Å². The number of rotatable bonds is 3. The van der Waals surface area contributed by atoms with Crippen LogP contribution in [0.25, 0.3) is 0 Å². The predicted molar refractivity (Wildman–Crippen MR) is 73.8 cm³/mol. The van der Waals surface area contributed by atoms with Crippen molar-refractivity contribution in [3.8, 4) is 0 Å². The molecule has 1 aliphatic heterocycles. The Bertz CT molecular complexity index is 524. The van der Waals surface area contributed by atoms with Crippen LogP contribution in [0.5, 0.6) is 0 Å². The molecule has 0 N–H and O–H groups in total. The summed E-state index contributed by atoms with van der Waals surface area (Å²) in [6, 6.07) is 3.95. The SMILES string of the molecule is CC(=O)N(C)C1CCN(Cc2ccn(C)c(=O)c2)C1. The van der Waals surface area contributed by atoms with Crippen molar-refractivity contribution in [1.82, 2.24) is 14.4 Å². The van der Waals surface area contributed by atoms with Crippen LogP contribution in [0.1, 0.15) is 18.9 Å². The number of hydrogen-bond acceptors (Lipinski definition) is 3. The fourth-order valence-electron chi connectivity index (χ4n) is 2.48. The van der Waals surface area contributed by atoms with Gasteiger partial charge in [0.25, 0.3) is 5.56 Å². The molecule has 2 heterocycles. The van der Waals surface area contributed by atoms with Crippen molar-refractivity contribution in [2.75, 3.05) is 20.1 Å².